The van der Waals surface area contributed by atoms with Crippen LogP contribution >= 0.6 is 10.8 Å². The summed E-state index contributed by atoms with van der Waals surface area (Å²) in [4.78, 5) is 2.35. The lowest BCUT2D eigenvalue weighted by Gasteiger charge is -2.45. The van der Waals surface area contributed by atoms with Gasteiger partial charge in [-0.25, -0.2) is 4.31 Å². The fourth-order valence-electron chi connectivity index (χ4n) is 1.57. The van der Waals surface area contributed by atoms with Gasteiger partial charge >= 0.3 is 0 Å². The number of hydrogen-bond donors (Lipinski definition) is 2. The molecule has 4 nitrogen and oxygen atoms in total. The van der Waals surface area contributed by atoms with E-state index in [1.54, 1.807) is 4.31 Å². The summed E-state index contributed by atoms with van der Waals surface area (Å²) < 4.78 is 20.6. The Bertz CT molecular complexity index is 163. The zero-order valence-electron chi connectivity index (χ0n) is 10.6. The van der Waals surface area contributed by atoms with E-state index in [0.29, 0.717) is 6.04 Å². The second-order valence-electron chi connectivity index (χ2n) is 3.85. The Morgan fingerprint density at radius 1 is 1.00 bits per heavy atom. The first-order chi connectivity index (χ1) is 6.91. The first-order valence-electron chi connectivity index (χ1n) is 5.63. The Balaban J connectivity index is 0.000000921. The molecule has 5 heteroatoms. The van der Waals surface area contributed by atoms with E-state index in [2.05, 4.69) is 18.7 Å². The van der Waals surface area contributed by atoms with Gasteiger partial charge in [-0.15, -0.1) is 10.8 Å². The zero-order chi connectivity index (χ0) is 12.1. The minimum atomic E-state index is -2.47. The highest BCUT2D eigenvalue weighted by Crippen LogP contribution is 2.38. The SMILES string of the molecule is CC.CC(C)N1CCN(S(C)(O)O)CC1. The van der Waals surface area contributed by atoms with E-state index in [4.69, 9.17) is 0 Å². The fourth-order valence-corrected chi connectivity index (χ4v) is 2.42. The molecule has 0 aliphatic carbocycles. The van der Waals surface area contributed by atoms with E-state index in [1.807, 2.05) is 13.8 Å². The molecular formula is C10H26N2O2S. The van der Waals surface area contributed by atoms with Crippen LogP contribution in [-0.2, 0) is 0 Å². The van der Waals surface area contributed by atoms with Crippen molar-refractivity contribution in [3.63, 3.8) is 0 Å². The molecule has 15 heavy (non-hydrogen) atoms. The second kappa shape index (κ2) is 6.70. The van der Waals surface area contributed by atoms with Crippen LogP contribution in [0.5, 0.6) is 0 Å². The van der Waals surface area contributed by atoms with Crippen molar-refractivity contribution in [3.8, 4) is 0 Å². The monoisotopic (exact) mass is 238 g/mol. The van der Waals surface area contributed by atoms with Gasteiger partial charge in [-0.1, -0.05) is 13.8 Å². The summed E-state index contributed by atoms with van der Waals surface area (Å²) in [5.74, 6) is 0. The molecule has 1 heterocycles. The third kappa shape index (κ3) is 5.17. The molecule has 1 aliphatic rings. The van der Waals surface area contributed by atoms with Gasteiger partial charge < -0.3 is 0 Å². The van der Waals surface area contributed by atoms with Crippen molar-refractivity contribution in [2.45, 2.75) is 33.7 Å². The first kappa shape index (κ1) is 15.2. The largest absolute Gasteiger partial charge is 0.298 e. The smallest absolute Gasteiger partial charge is 0.0418 e. The second-order valence-corrected chi connectivity index (χ2v) is 5.95. The van der Waals surface area contributed by atoms with Crippen molar-refractivity contribution in [2.24, 2.45) is 0 Å². The molecule has 0 unspecified atom stereocenters. The van der Waals surface area contributed by atoms with Crippen molar-refractivity contribution < 1.29 is 9.11 Å². The van der Waals surface area contributed by atoms with Gasteiger partial charge in [0.15, 0.2) is 0 Å². The Morgan fingerprint density at radius 3 is 1.67 bits per heavy atom. The third-order valence-electron chi connectivity index (χ3n) is 2.49. The van der Waals surface area contributed by atoms with Crippen LogP contribution in [0.1, 0.15) is 27.7 Å². The number of hydrogen-bond acceptors (Lipinski definition) is 4. The highest BCUT2D eigenvalue weighted by molar-refractivity contribution is 8.21. The average molecular weight is 238 g/mol. The molecule has 0 aromatic rings. The topological polar surface area (TPSA) is 46.9 Å². The van der Waals surface area contributed by atoms with Gasteiger partial charge in [-0.2, -0.15) is 0 Å². The maximum Gasteiger partial charge on any atom is 0.0418 e. The third-order valence-corrected chi connectivity index (χ3v) is 3.84. The van der Waals surface area contributed by atoms with Gasteiger partial charge in [-0.3, -0.25) is 14.0 Å². The summed E-state index contributed by atoms with van der Waals surface area (Å²) >= 11 is 0. The molecule has 0 aromatic carbocycles. The van der Waals surface area contributed by atoms with Crippen LogP contribution in [0.25, 0.3) is 0 Å². The predicted molar refractivity (Wildman–Crippen MR) is 68.4 cm³/mol. The Hall–Kier alpha value is 0.190. The van der Waals surface area contributed by atoms with Gasteiger partial charge in [0, 0.05) is 38.5 Å². The van der Waals surface area contributed by atoms with Crippen molar-refractivity contribution in [3.05, 3.63) is 0 Å². The van der Waals surface area contributed by atoms with Gasteiger partial charge in [0.1, 0.15) is 0 Å². The molecule has 0 saturated carbocycles. The van der Waals surface area contributed by atoms with E-state index in [0.717, 1.165) is 26.2 Å². The number of nitrogens with zero attached hydrogens (tertiary/aromatic N) is 2. The Morgan fingerprint density at radius 2 is 1.40 bits per heavy atom. The molecule has 94 valence electrons. The lowest BCUT2D eigenvalue weighted by atomic mass is 10.3. The van der Waals surface area contributed by atoms with Crippen LogP contribution in [0.4, 0.5) is 0 Å². The van der Waals surface area contributed by atoms with E-state index in [9.17, 15) is 9.11 Å². The highest BCUT2D eigenvalue weighted by Gasteiger charge is 2.24. The molecular weight excluding hydrogens is 212 g/mol. The summed E-state index contributed by atoms with van der Waals surface area (Å²) in [6.45, 7) is 11.7. The summed E-state index contributed by atoms with van der Waals surface area (Å²) in [6, 6.07) is 0.556. The minimum Gasteiger partial charge on any atom is -0.298 e. The van der Waals surface area contributed by atoms with Crippen LogP contribution in [0.3, 0.4) is 0 Å². The Kier molecular flexibility index (Phi) is 6.79. The molecule has 1 rings (SSSR count). The first-order valence-corrected chi connectivity index (χ1v) is 7.55. The quantitative estimate of drug-likeness (QED) is 0.775. The zero-order valence-corrected chi connectivity index (χ0v) is 11.4. The van der Waals surface area contributed by atoms with Crippen LogP contribution in [0.2, 0.25) is 0 Å². The molecule has 0 spiro atoms. The van der Waals surface area contributed by atoms with Crippen molar-refractivity contribution in [2.75, 3.05) is 32.4 Å². The normalized spacial score (nSPS) is 21.1. The summed E-state index contributed by atoms with van der Waals surface area (Å²) in [5, 5.41) is 0. The molecule has 0 aromatic heterocycles. The maximum absolute atomic E-state index is 9.41. The van der Waals surface area contributed by atoms with E-state index in [-0.39, 0.29) is 0 Å². The summed E-state index contributed by atoms with van der Waals surface area (Å²) in [5.41, 5.74) is 0. The molecule has 1 fully saturated rings. The van der Waals surface area contributed by atoms with Gasteiger partial charge in [-0.05, 0) is 13.8 Å². The molecule has 0 bridgehead atoms. The highest BCUT2D eigenvalue weighted by atomic mass is 32.3. The minimum absolute atomic E-state index is 0.556. The molecule has 1 aliphatic heterocycles. The summed E-state index contributed by atoms with van der Waals surface area (Å²) in [6.07, 6.45) is 1.50. The number of rotatable bonds is 2. The van der Waals surface area contributed by atoms with Gasteiger partial charge in [0.05, 0.1) is 0 Å². The van der Waals surface area contributed by atoms with Crippen molar-refractivity contribution in [1.82, 2.24) is 9.21 Å². The fraction of sp³-hybridized carbons (Fsp3) is 1.00. The van der Waals surface area contributed by atoms with Crippen LogP contribution < -0.4 is 0 Å². The van der Waals surface area contributed by atoms with E-state index in [1.165, 1.54) is 6.26 Å². The molecule has 0 atom stereocenters. The average Bonchev–Trinajstić information content (AvgIpc) is 2.20. The molecule has 2 N–H and O–H groups in total. The molecule has 0 amide bonds. The van der Waals surface area contributed by atoms with Crippen LogP contribution in [-0.4, -0.2) is 56.8 Å². The lowest BCUT2D eigenvalue weighted by Crippen LogP contribution is -2.49. The lowest BCUT2D eigenvalue weighted by molar-refractivity contribution is 0.148. The molecule has 1 saturated heterocycles. The summed E-state index contributed by atoms with van der Waals surface area (Å²) in [7, 11) is -2.47. The van der Waals surface area contributed by atoms with Crippen LogP contribution in [0.15, 0.2) is 0 Å². The van der Waals surface area contributed by atoms with Crippen molar-refractivity contribution in [1.29, 1.82) is 0 Å². The van der Waals surface area contributed by atoms with E-state index < -0.39 is 10.8 Å². The van der Waals surface area contributed by atoms with Gasteiger partial charge in [0.25, 0.3) is 0 Å². The Labute approximate surface area is 95.7 Å². The molecule has 0 radical (unpaired) electrons. The van der Waals surface area contributed by atoms with Crippen molar-refractivity contribution >= 4 is 10.8 Å². The van der Waals surface area contributed by atoms with Crippen LogP contribution in [0, 0.1) is 0 Å². The standard InChI is InChI=1S/C8H20N2O2S.C2H6/c1-8(2)9-4-6-10(7-5-9)13(3,11)12;1-2/h8,11-12H,4-7H2,1-3H3;1-2H3. The number of piperazine rings is 1. The van der Waals surface area contributed by atoms with E-state index >= 15 is 0 Å². The van der Waals surface area contributed by atoms with Gasteiger partial charge in [0.2, 0.25) is 0 Å². The maximum atomic E-state index is 9.41. The predicted octanol–water partition coefficient (Wildman–Crippen LogP) is 2.33.